The lowest BCUT2D eigenvalue weighted by Crippen LogP contribution is -2.12. The minimum atomic E-state index is -0.398. The Bertz CT molecular complexity index is 921. The average molecular weight is 691 g/mol. The highest BCUT2D eigenvalue weighted by atomic mass is 16.6. The minimum absolute atomic E-state index is 0.369. The number of esters is 1. The second-order valence-electron chi connectivity index (χ2n) is 13.1. The third-order valence-corrected chi connectivity index (χ3v) is 8.37. The van der Waals surface area contributed by atoms with Crippen molar-refractivity contribution in [2.45, 2.75) is 176 Å². The topological polar surface area (TPSA) is 72.5 Å². The third-order valence-electron chi connectivity index (χ3n) is 8.37. The summed E-state index contributed by atoms with van der Waals surface area (Å²) >= 11 is 0. The van der Waals surface area contributed by atoms with Gasteiger partial charge in [0.15, 0.2) is 11.5 Å². The lowest BCUT2D eigenvalue weighted by molar-refractivity contribution is -0.137. The summed E-state index contributed by atoms with van der Waals surface area (Å²) in [6.45, 7) is 16.1. The maximum Gasteiger partial charge on any atom is 0.330 e. The van der Waals surface area contributed by atoms with E-state index in [1.165, 1.54) is 12.5 Å². The van der Waals surface area contributed by atoms with Crippen LogP contribution in [0.25, 0.3) is 6.08 Å². The monoisotopic (exact) mass is 691 g/mol. The summed E-state index contributed by atoms with van der Waals surface area (Å²) in [5, 5.41) is 0. The zero-order valence-electron chi connectivity index (χ0n) is 32.6. The van der Waals surface area contributed by atoms with Gasteiger partial charge >= 0.3 is 5.97 Å². The minimum Gasteiger partial charge on any atom is -0.489 e. The summed E-state index contributed by atoms with van der Waals surface area (Å²) < 4.78 is 38.7. The van der Waals surface area contributed by atoms with Crippen LogP contribution < -0.4 is 23.7 Å². The van der Waals surface area contributed by atoms with Crippen molar-refractivity contribution in [3.05, 3.63) is 11.6 Å². The van der Waals surface area contributed by atoms with Gasteiger partial charge in [-0.05, 0) is 44.6 Å². The molecule has 7 heteroatoms. The van der Waals surface area contributed by atoms with Gasteiger partial charge in [-0.3, -0.25) is 0 Å². The molecule has 0 atom stereocenters. The van der Waals surface area contributed by atoms with Gasteiger partial charge in [-0.15, -0.1) is 0 Å². The highest BCUT2D eigenvalue weighted by Crippen LogP contribution is 2.55. The molecule has 1 aromatic rings. The van der Waals surface area contributed by atoms with E-state index < -0.39 is 5.97 Å². The van der Waals surface area contributed by atoms with Gasteiger partial charge in [-0.2, -0.15) is 0 Å². The van der Waals surface area contributed by atoms with Crippen LogP contribution in [0.1, 0.15) is 182 Å². The second-order valence-corrected chi connectivity index (χ2v) is 13.1. The molecule has 0 fully saturated rings. The van der Waals surface area contributed by atoms with Crippen LogP contribution in [-0.4, -0.2) is 45.6 Å². The lowest BCUT2D eigenvalue weighted by Gasteiger charge is -2.25. The third kappa shape index (κ3) is 20.0. The van der Waals surface area contributed by atoms with E-state index in [1.54, 1.807) is 6.08 Å². The number of hydrogen-bond donors (Lipinski definition) is 0. The first-order valence-corrected chi connectivity index (χ1v) is 20.3. The van der Waals surface area contributed by atoms with Crippen molar-refractivity contribution >= 4 is 12.0 Å². The van der Waals surface area contributed by atoms with Gasteiger partial charge in [0, 0.05) is 6.08 Å². The summed E-state index contributed by atoms with van der Waals surface area (Å²) in [4.78, 5) is 12.8. The lowest BCUT2D eigenvalue weighted by atomic mass is 10.1. The Morgan fingerprint density at radius 1 is 0.388 bits per heavy atom. The Balaban J connectivity index is 3.88. The second kappa shape index (κ2) is 31.4. The normalized spacial score (nSPS) is 11.2. The quantitative estimate of drug-likeness (QED) is 0.0405. The van der Waals surface area contributed by atoms with E-state index in [9.17, 15) is 4.79 Å². The molecular formula is C42H74O7. The van der Waals surface area contributed by atoms with Crippen LogP contribution in [0.5, 0.6) is 28.7 Å². The van der Waals surface area contributed by atoms with Gasteiger partial charge in [0.25, 0.3) is 0 Å². The summed E-state index contributed by atoms with van der Waals surface area (Å²) in [5.41, 5.74) is 0.643. The first kappa shape index (κ1) is 44.5. The van der Waals surface area contributed by atoms with Crippen LogP contribution >= 0.6 is 0 Å². The van der Waals surface area contributed by atoms with Gasteiger partial charge in [0.05, 0.1) is 45.2 Å². The predicted octanol–water partition coefficient (Wildman–Crippen LogP) is 12.4. The van der Waals surface area contributed by atoms with E-state index in [2.05, 4.69) is 34.6 Å². The van der Waals surface area contributed by atoms with Crippen molar-refractivity contribution in [3.8, 4) is 28.7 Å². The van der Waals surface area contributed by atoms with Crippen molar-refractivity contribution in [2.24, 2.45) is 0 Å². The molecule has 0 aromatic heterocycles. The summed E-state index contributed by atoms with van der Waals surface area (Å²) in [6, 6.07) is 0. The molecule has 0 bridgehead atoms. The van der Waals surface area contributed by atoms with Crippen molar-refractivity contribution in [2.75, 3.05) is 39.6 Å². The molecule has 7 nitrogen and oxygen atoms in total. The molecule has 0 aliphatic rings. The molecule has 49 heavy (non-hydrogen) atoms. The molecule has 0 unspecified atom stereocenters. The average Bonchev–Trinajstić information content (AvgIpc) is 3.11. The Labute approximate surface area is 301 Å². The number of benzene rings is 1. The standard InChI is InChI=1S/C42H74O7/c1-7-13-18-23-31-45-38-36(28-29-37(43)44-30-12-6)39(46-32-24-19-14-8-2)41(48-34-26-21-16-10-4)42(49-35-27-22-17-11-5)40(38)47-33-25-20-15-9-3/h28-29H,7-27,30-35H2,1-6H3. The molecule has 0 spiro atoms. The Morgan fingerprint density at radius 3 is 1.00 bits per heavy atom. The van der Waals surface area contributed by atoms with Crippen molar-refractivity contribution in [3.63, 3.8) is 0 Å². The van der Waals surface area contributed by atoms with Crippen molar-refractivity contribution in [1.29, 1.82) is 0 Å². The number of rotatable bonds is 34. The fraction of sp³-hybridized carbons (Fsp3) is 0.786. The van der Waals surface area contributed by atoms with Crippen molar-refractivity contribution < 1.29 is 33.2 Å². The van der Waals surface area contributed by atoms with Gasteiger partial charge < -0.3 is 28.4 Å². The van der Waals surface area contributed by atoms with Crippen LogP contribution in [0.2, 0.25) is 0 Å². The summed E-state index contributed by atoms with van der Waals surface area (Å²) in [5.74, 6) is 2.36. The number of carbonyl (C=O) groups is 1. The number of hydrogen-bond acceptors (Lipinski definition) is 7. The van der Waals surface area contributed by atoms with Crippen LogP contribution in [0.15, 0.2) is 6.08 Å². The largest absolute Gasteiger partial charge is 0.489 e. The van der Waals surface area contributed by atoms with Gasteiger partial charge in [-0.25, -0.2) is 4.79 Å². The highest BCUT2D eigenvalue weighted by Gasteiger charge is 2.30. The number of carbonyl (C=O) groups excluding carboxylic acids is 1. The Kier molecular flexibility index (Phi) is 28.5. The zero-order chi connectivity index (χ0) is 35.8. The Morgan fingerprint density at radius 2 is 0.694 bits per heavy atom. The van der Waals surface area contributed by atoms with E-state index in [1.807, 2.05) is 6.92 Å². The highest BCUT2D eigenvalue weighted by molar-refractivity contribution is 5.90. The maximum atomic E-state index is 12.8. The summed E-state index contributed by atoms with van der Waals surface area (Å²) in [6.07, 6.45) is 25.6. The van der Waals surface area contributed by atoms with Gasteiger partial charge in [-0.1, -0.05) is 138 Å². The number of unbranched alkanes of at least 4 members (excludes halogenated alkanes) is 15. The zero-order valence-corrected chi connectivity index (χ0v) is 32.6. The SMILES string of the molecule is CCCCCCOc1c(C=CC(=O)OCCC)c(OCCCCCC)c(OCCCCCC)c(OCCCCCC)c1OCCCCCC. The predicted molar refractivity (Wildman–Crippen MR) is 205 cm³/mol. The van der Waals surface area contributed by atoms with E-state index in [4.69, 9.17) is 28.4 Å². The van der Waals surface area contributed by atoms with Crippen LogP contribution in [0, 0.1) is 0 Å². The fourth-order valence-corrected chi connectivity index (χ4v) is 5.41. The molecule has 0 radical (unpaired) electrons. The van der Waals surface area contributed by atoms with E-state index in [-0.39, 0.29) is 0 Å². The molecule has 0 N–H and O–H groups in total. The molecular weight excluding hydrogens is 616 g/mol. The molecule has 1 rings (SSSR count). The Hall–Kier alpha value is -2.57. The van der Waals surface area contributed by atoms with E-state index in [0.29, 0.717) is 74.0 Å². The van der Waals surface area contributed by atoms with E-state index >= 15 is 0 Å². The van der Waals surface area contributed by atoms with Crippen LogP contribution in [0.4, 0.5) is 0 Å². The molecule has 1 aromatic carbocycles. The first-order valence-electron chi connectivity index (χ1n) is 20.3. The molecule has 0 heterocycles. The summed E-state index contributed by atoms with van der Waals surface area (Å²) in [7, 11) is 0. The molecule has 0 saturated heterocycles. The number of ether oxygens (including phenoxy) is 6. The molecule has 0 aliphatic carbocycles. The van der Waals surface area contributed by atoms with Crippen LogP contribution in [-0.2, 0) is 9.53 Å². The molecule has 0 aliphatic heterocycles. The van der Waals surface area contributed by atoms with Gasteiger partial charge in [0.1, 0.15) is 0 Å². The van der Waals surface area contributed by atoms with Crippen molar-refractivity contribution in [1.82, 2.24) is 0 Å². The van der Waals surface area contributed by atoms with E-state index in [0.717, 1.165) is 128 Å². The fourth-order valence-electron chi connectivity index (χ4n) is 5.41. The maximum absolute atomic E-state index is 12.8. The van der Waals surface area contributed by atoms with Crippen LogP contribution in [0.3, 0.4) is 0 Å². The smallest absolute Gasteiger partial charge is 0.330 e. The van der Waals surface area contributed by atoms with Gasteiger partial charge in [0.2, 0.25) is 17.2 Å². The molecule has 0 amide bonds. The molecule has 284 valence electrons. The first-order chi connectivity index (χ1) is 24.1. The molecule has 0 saturated carbocycles.